The van der Waals surface area contributed by atoms with Crippen LogP contribution in [0.15, 0.2) is 12.1 Å². The zero-order chi connectivity index (χ0) is 14.7. The predicted octanol–water partition coefficient (Wildman–Crippen LogP) is -0.882. The van der Waals surface area contributed by atoms with E-state index in [0.29, 0.717) is 0 Å². The highest BCUT2D eigenvalue weighted by Gasteiger charge is 2.36. The van der Waals surface area contributed by atoms with Crippen LogP contribution in [0.1, 0.15) is 16.7 Å². The summed E-state index contributed by atoms with van der Waals surface area (Å²) in [6.45, 7) is 6.47. The maximum Gasteiger partial charge on any atom is 0.485 e. The lowest BCUT2D eigenvalue weighted by Gasteiger charge is -2.08. The van der Waals surface area contributed by atoms with Gasteiger partial charge < -0.3 is 4.55 Å². The molecule has 0 spiro atoms. The standard InChI is InChI=1S/C9H12I.CHF3O3S/c1-6-4-7(2)9(10)8(3)5-6;2-1(3,4)8(5,6)7/h4-5,10H,1-3H3;(H,5,6,7)/q+1;/p-1. The number of halogens is 4. The van der Waals surface area contributed by atoms with Crippen LogP contribution in [0.5, 0.6) is 0 Å². The summed E-state index contributed by atoms with van der Waals surface area (Å²) >= 11 is 2.10. The minimum Gasteiger partial charge on any atom is -0.741 e. The molecule has 1 rings (SSSR count). The third-order valence-electron chi connectivity index (χ3n) is 1.89. The molecule has 0 atom stereocenters. The van der Waals surface area contributed by atoms with Crippen molar-refractivity contribution in [3.8, 4) is 0 Å². The molecule has 0 saturated heterocycles. The second kappa shape index (κ2) is 6.20. The van der Waals surface area contributed by atoms with Gasteiger partial charge in [0.2, 0.25) is 0 Å². The quantitative estimate of drug-likeness (QED) is 0.325. The largest absolute Gasteiger partial charge is 0.741 e. The molecule has 0 aliphatic carbocycles. The van der Waals surface area contributed by atoms with Crippen molar-refractivity contribution in [1.82, 2.24) is 0 Å². The Morgan fingerprint density at radius 2 is 1.39 bits per heavy atom. The fourth-order valence-electron chi connectivity index (χ4n) is 1.17. The molecule has 0 bridgehead atoms. The number of hydrogen-bond acceptors (Lipinski definition) is 3. The third kappa shape index (κ3) is 5.53. The Morgan fingerprint density at radius 1 is 1.11 bits per heavy atom. The molecular formula is C10H12F3IO3S. The molecule has 0 N–H and O–H groups in total. The molecule has 0 amide bonds. The fraction of sp³-hybridized carbons (Fsp3) is 0.400. The van der Waals surface area contributed by atoms with Crippen LogP contribution in [0.3, 0.4) is 0 Å². The van der Waals surface area contributed by atoms with Crippen LogP contribution >= 0.6 is 0 Å². The molecular weight excluding hydrogens is 384 g/mol. The molecule has 0 aliphatic rings. The number of hydrogen-bond donors (Lipinski definition) is 0. The number of alkyl halides is 3. The topological polar surface area (TPSA) is 57.2 Å². The summed E-state index contributed by atoms with van der Waals surface area (Å²) in [6, 6.07) is 4.45. The lowest BCUT2D eigenvalue weighted by Crippen LogP contribution is -3.34. The molecule has 0 aromatic heterocycles. The van der Waals surface area contributed by atoms with Gasteiger partial charge >= 0.3 is 5.51 Å². The van der Waals surface area contributed by atoms with E-state index in [1.807, 2.05) is 0 Å². The summed E-state index contributed by atoms with van der Waals surface area (Å²) in [5.74, 6) is 0. The van der Waals surface area contributed by atoms with Gasteiger partial charge in [-0.1, -0.05) is 17.7 Å². The molecule has 104 valence electrons. The van der Waals surface area contributed by atoms with Gasteiger partial charge in [0.1, 0.15) is 0 Å². The molecule has 0 heterocycles. The second-order valence-electron chi connectivity index (χ2n) is 3.63. The van der Waals surface area contributed by atoms with E-state index >= 15 is 0 Å². The van der Waals surface area contributed by atoms with Crippen molar-refractivity contribution in [1.29, 1.82) is 0 Å². The van der Waals surface area contributed by atoms with E-state index in [4.69, 9.17) is 13.0 Å². The van der Waals surface area contributed by atoms with Crippen LogP contribution in [-0.2, 0) is 10.1 Å². The van der Waals surface area contributed by atoms with E-state index in [0.717, 1.165) is 0 Å². The average molecular weight is 396 g/mol. The Morgan fingerprint density at radius 3 is 1.61 bits per heavy atom. The summed E-state index contributed by atoms with van der Waals surface area (Å²) in [7, 11) is -6.09. The highest BCUT2D eigenvalue weighted by Crippen LogP contribution is 2.20. The summed E-state index contributed by atoms with van der Waals surface area (Å²) < 4.78 is 60.3. The van der Waals surface area contributed by atoms with Crippen LogP contribution in [0.25, 0.3) is 0 Å². The van der Waals surface area contributed by atoms with Crippen molar-refractivity contribution in [2.45, 2.75) is 26.3 Å². The first kappa shape index (κ1) is 17.6. The van der Waals surface area contributed by atoms with Crippen LogP contribution in [0.2, 0.25) is 0 Å². The minimum atomic E-state index is -6.09. The smallest absolute Gasteiger partial charge is 0.485 e. The van der Waals surface area contributed by atoms with Crippen LogP contribution in [0, 0.1) is 24.3 Å². The molecule has 3 nitrogen and oxygen atoms in total. The van der Waals surface area contributed by atoms with Crippen molar-refractivity contribution in [2.75, 3.05) is 0 Å². The molecule has 0 fully saturated rings. The highest BCUT2D eigenvalue weighted by atomic mass is 127. The lowest BCUT2D eigenvalue weighted by molar-refractivity contribution is -0.330. The van der Waals surface area contributed by atoms with Crippen molar-refractivity contribution in [2.24, 2.45) is 0 Å². The highest BCUT2D eigenvalue weighted by molar-refractivity contribution is 7.86. The average Bonchev–Trinajstić information content (AvgIpc) is 2.11. The maximum atomic E-state index is 10.7. The normalized spacial score (nSPS) is 11.8. The number of aryl methyl sites for hydroxylation is 3. The second-order valence-corrected chi connectivity index (χ2v) is 6.16. The first-order valence-electron chi connectivity index (χ1n) is 4.63. The van der Waals surface area contributed by atoms with E-state index < -0.39 is 15.6 Å². The molecule has 1 aromatic carbocycles. The maximum absolute atomic E-state index is 10.7. The fourth-order valence-corrected chi connectivity index (χ4v) is 1.50. The van der Waals surface area contributed by atoms with Crippen LogP contribution < -0.4 is 22.6 Å². The zero-order valence-corrected chi connectivity index (χ0v) is 13.0. The van der Waals surface area contributed by atoms with Crippen molar-refractivity contribution < 1.29 is 48.7 Å². The van der Waals surface area contributed by atoms with Crippen LogP contribution in [-0.4, -0.2) is 18.5 Å². The van der Waals surface area contributed by atoms with Gasteiger partial charge in [0.25, 0.3) is 22.6 Å². The van der Waals surface area contributed by atoms with Crippen molar-refractivity contribution >= 4 is 10.1 Å². The van der Waals surface area contributed by atoms with Crippen molar-refractivity contribution in [3.05, 3.63) is 32.4 Å². The van der Waals surface area contributed by atoms with E-state index in [2.05, 4.69) is 55.5 Å². The monoisotopic (exact) mass is 396 g/mol. The Labute approximate surface area is 117 Å². The Hall–Kier alpha value is -0.350. The first-order valence-corrected chi connectivity index (χ1v) is 7.20. The van der Waals surface area contributed by atoms with E-state index in [-0.39, 0.29) is 0 Å². The van der Waals surface area contributed by atoms with Gasteiger partial charge in [0.05, 0.1) is 0 Å². The summed E-state index contributed by atoms with van der Waals surface area (Å²) in [5, 5.41) is 0. The summed E-state index contributed by atoms with van der Waals surface area (Å²) in [6.07, 6.45) is 0. The molecule has 0 radical (unpaired) electrons. The van der Waals surface area contributed by atoms with E-state index in [1.165, 1.54) is 20.3 Å². The zero-order valence-electron chi connectivity index (χ0n) is 9.83. The lowest BCUT2D eigenvalue weighted by atomic mass is 10.1. The molecule has 0 unspecified atom stereocenters. The molecule has 1 aromatic rings. The van der Waals surface area contributed by atoms with Gasteiger partial charge in [-0.05, 0) is 20.8 Å². The van der Waals surface area contributed by atoms with E-state index in [9.17, 15) is 13.2 Å². The SMILES string of the molecule is Cc1cc(C)c([IH+])c(C)c1.O=S(=O)([O-])C(F)(F)F. The summed E-state index contributed by atoms with van der Waals surface area (Å²) in [5.41, 5.74) is -1.47. The van der Waals surface area contributed by atoms with Gasteiger partial charge in [-0.2, -0.15) is 13.2 Å². The summed E-state index contributed by atoms with van der Waals surface area (Å²) in [4.78, 5) is 0. The predicted molar refractivity (Wildman–Crippen MR) is 56.5 cm³/mol. The Balaban J connectivity index is 0.000000331. The van der Waals surface area contributed by atoms with Gasteiger partial charge in [0, 0.05) is 11.1 Å². The van der Waals surface area contributed by atoms with Gasteiger partial charge in [-0.15, -0.1) is 0 Å². The minimum absolute atomic E-state index is 1.36. The Bertz CT molecular complexity index is 501. The molecule has 18 heavy (non-hydrogen) atoms. The van der Waals surface area contributed by atoms with E-state index in [1.54, 1.807) is 0 Å². The molecule has 0 aliphatic heterocycles. The molecule has 0 saturated carbocycles. The number of rotatable bonds is 0. The van der Waals surface area contributed by atoms with Gasteiger partial charge in [-0.25, -0.2) is 8.42 Å². The number of benzene rings is 1. The van der Waals surface area contributed by atoms with Crippen molar-refractivity contribution in [3.63, 3.8) is 0 Å². The van der Waals surface area contributed by atoms with Crippen LogP contribution in [0.4, 0.5) is 13.2 Å². The van der Waals surface area contributed by atoms with Gasteiger partial charge in [0.15, 0.2) is 13.7 Å². The van der Waals surface area contributed by atoms with Gasteiger partial charge in [-0.3, -0.25) is 0 Å². The first-order chi connectivity index (χ1) is 7.86. The third-order valence-corrected chi connectivity index (χ3v) is 4.29. The Kier molecular flexibility index (Phi) is 6.08. The molecule has 8 heteroatoms.